The Labute approximate surface area is 252 Å². The van der Waals surface area contributed by atoms with Crippen LogP contribution in [0.3, 0.4) is 0 Å². The first kappa shape index (κ1) is 37.2. The molecule has 2 unspecified atom stereocenters. The molecule has 2 N–H and O–H groups in total. The van der Waals surface area contributed by atoms with E-state index in [0.717, 1.165) is 13.1 Å². The average Bonchev–Trinajstić information content (AvgIpc) is 2.97. The third kappa shape index (κ3) is 20.1. The van der Waals surface area contributed by atoms with Gasteiger partial charge in [-0.1, -0.05) is 193 Å². The minimum absolute atomic E-state index is 0.493. The monoisotopic (exact) mass is 557 g/mol. The van der Waals surface area contributed by atoms with Gasteiger partial charge >= 0.3 is 0 Å². The molecular formula is C38H72N2. The molecule has 2 atom stereocenters. The topological polar surface area (TPSA) is 24.1 Å². The van der Waals surface area contributed by atoms with Gasteiger partial charge < -0.3 is 10.6 Å². The minimum Gasteiger partial charge on any atom is -0.310 e. The zero-order chi connectivity index (χ0) is 28.9. The molecule has 40 heavy (non-hydrogen) atoms. The summed E-state index contributed by atoms with van der Waals surface area (Å²) in [6.07, 6.45) is 33.7. The van der Waals surface area contributed by atoms with Crippen LogP contribution in [0.2, 0.25) is 0 Å². The fraction of sp³-hybridized carbons (Fsp3) is 0.842. The standard InChI is InChI=1S/C38H72N2/c1-5-9-11-13-15-17-19-21-23-25-27-32-37(39-7-3)35-30-29-31-36(34-35)38(40-8-4)33-28-26-24-22-20-18-16-14-12-10-6-2/h29-31,34,37-40H,5-28,32-33H2,1-4H3. The van der Waals surface area contributed by atoms with Crippen LogP contribution in [0.25, 0.3) is 0 Å². The summed E-state index contributed by atoms with van der Waals surface area (Å²) in [4.78, 5) is 0. The summed E-state index contributed by atoms with van der Waals surface area (Å²) in [5.41, 5.74) is 2.99. The van der Waals surface area contributed by atoms with Crippen LogP contribution in [0.4, 0.5) is 0 Å². The van der Waals surface area contributed by atoms with Crippen molar-refractivity contribution in [3.8, 4) is 0 Å². The second kappa shape index (κ2) is 28.3. The van der Waals surface area contributed by atoms with Gasteiger partial charge in [-0.05, 0) is 37.1 Å². The zero-order valence-corrected chi connectivity index (χ0v) is 27.8. The van der Waals surface area contributed by atoms with E-state index in [1.807, 2.05) is 0 Å². The molecule has 0 aromatic heterocycles. The maximum Gasteiger partial charge on any atom is 0.0320 e. The maximum atomic E-state index is 3.80. The van der Waals surface area contributed by atoms with Crippen molar-refractivity contribution in [2.24, 2.45) is 0 Å². The molecule has 0 saturated carbocycles. The first-order chi connectivity index (χ1) is 19.8. The van der Waals surface area contributed by atoms with Crippen LogP contribution >= 0.6 is 0 Å². The Kier molecular flexibility index (Phi) is 26.3. The second-order valence-corrected chi connectivity index (χ2v) is 12.5. The molecule has 0 heterocycles. The summed E-state index contributed by atoms with van der Waals surface area (Å²) in [7, 11) is 0. The number of unbranched alkanes of at least 4 members (excludes halogenated alkanes) is 20. The summed E-state index contributed by atoms with van der Waals surface area (Å²) in [5.74, 6) is 0. The smallest absolute Gasteiger partial charge is 0.0320 e. The summed E-state index contributed by atoms with van der Waals surface area (Å²) < 4.78 is 0. The molecule has 0 bridgehead atoms. The molecule has 0 amide bonds. The Morgan fingerprint density at radius 2 is 0.725 bits per heavy atom. The van der Waals surface area contributed by atoms with Crippen molar-refractivity contribution < 1.29 is 0 Å². The lowest BCUT2D eigenvalue weighted by molar-refractivity contribution is 0.465. The lowest BCUT2D eigenvalue weighted by Crippen LogP contribution is -2.23. The molecule has 2 heteroatoms. The highest BCUT2D eigenvalue weighted by molar-refractivity contribution is 5.28. The Morgan fingerprint density at radius 1 is 0.425 bits per heavy atom. The van der Waals surface area contributed by atoms with Gasteiger partial charge in [0, 0.05) is 12.1 Å². The molecule has 0 aliphatic rings. The fourth-order valence-electron chi connectivity index (χ4n) is 6.28. The van der Waals surface area contributed by atoms with E-state index in [1.54, 1.807) is 0 Å². The molecule has 0 spiro atoms. The van der Waals surface area contributed by atoms with Crippen LogP contribution in [0.5, 0.6) is 0 Å². The number of benzene rings is 1. The van der Waals surface area contributed by atoms with E-state index in [9.17, 15) is 0 Å². The van der Waals surface area contributed by atoms with Gasteiger partial charge in [-0.15, -0.1) is 0 Å². The van der Waals surface area contributed by atoms with Crippen molar-refractivity contribution in [2.75, 3.05) is 13.1 Å². The molecule has 2 nitrogen and oxygen atoms in total. The molecule has 0 radical (unpaired) electrons. The highest BCUT2D eigenvalue weighted by Gasteiger charge is 2.15. The largest absolute Gasteiger partial charge is 0.310 e. The minimum atomic E-state index is 0.493. The molecular weight excluding hydrogens is 484 g/mol. The Morgan fingerprint density at radius 3 is 1.02 bits per heavy atom. The van der Waals surface area contributed by atoms with Gasteiger partial charge in [0.15, 0.2) is 0 Å². The highest BCUT2D eigenvalue weighted by Crippen LogP contribution is 2.26. The third-order valence-electron chi connectivity index (χ3n) is 8.81. The molecule has 0 fully saturated rings. The van der Waals surface area contributed by atoms with Crippen molar-refractivity contribution in [1.29, 1.82) is 0 Å². The van der Waals surface area contributed by atoms with Crippen LogP contribution < -0.4 is 10.6 Å². The number of hydrogen-bond donors (Lipinski definition) is 2. The molecule has 1 rings (SSSR count). The van der Waals surface area contributed by atoms with Crippen LogP contribution in [0.1, 0.15) is 205 Å². The highest BCUT2D eigenvalue weighted by atomic mass is 14.9. The normalized spacial score (nSPS) is 13.1. The Bertz CT molecular complexity index is 591. The van der Waals surface area contributed by atoms with Gasteiger partial charge in [0.05, 0.1) is 0 Å². The van der Waals surface area contributed by atoms with Crippen molar-refractivity contribution in [3.63, 3.8) is 0 Å². The van der Waals surface area contributed by atoms with Crippen molar-refractivity contribution >= 4 is 0 Å². The van der Waals surface area contributed by atoms with Crippen molar-refractivity contribution in [3.05, 3.63) is 35.4 Å². The average molecular weight is 557 g/mol. The van der Waals surface area contributed by atoms with Gasteiger partial charge in [0.2, 0.25) is 0 Å². The van der Waals surface area contributed by atoms with E-state index < -0.39 is 0 Å². The molecule has 1 aromatic rings. The molecule has 0 aliphatic carbocycles. The molecule has 0 aliphatic heterocycles. The molecule has 1 aromatic carbocycles. The lowest BCUT2D eigenvalue weighted by atomic mass is 9.93. The predicted molar refractivity (Wildman–Crippen MR) is 181 cm³/mol. The third-order valence-corrected chi connectivity index (χ3v) is 8.81. The van der Waals surface area contributed by atoms with E-state index in [0.29, 0.717) is 12.1 Å². The predicted octanol–water partition coefficient (Wildman–Crippen LogP) is 12.4. The van der Waals surface area contributed by atoms with Gasteiger partial charge in [-0.2, -0.15) is 0 Å². The van der Waals surface area contributed by atoms with Crippen LogP contribution in [0, 0.1) is 0 Å². The van der Waals surface area contributed by atoms with Crippen LogP contribution in [0.15, 0.2) is 24.3 Å². The summed E-state index contributed by atoms with van der Waals surface area (Å²) in [5, 5.41) is 7.61. The summed E-state index contributed by atoms with van der Waals surface area (Å²) in [6.45, 7) is 11.2. The van der Waals surface area contributed by atoms with E-state index in [2.05, 4.69) is 62.6 Å². The first-order valence-corrected chi connectivity index (χ1v) is 18.3. The SMILES string of the molecule is CCCCCCCCCCCCCC(NCC)c1cccc(C(CCCCCCCCCCCCC)NCC)c1. The van der Waals surface area contributed by atoms with Crippen molar-refractivity contribution in [2.45, 2.75) is 194 Å². The number of rotatable bonds is 30. The zero-order valence-electron chi connectivity index (χ0n) is 27.8. The van der Waals surface area contributed by atoms with Gasteiger partial charge in [0.1, 0.15) is 0 Å². The quantitative estimate of drug-likeness (QED) is 0.0921. The summed E-state index contributed by atoms with van der Waals surface area (Å²) in [6, 6.07) is 10.5. The van der Waals surface area contributed by atoms with Crippen LogP contribution in [-0.2, 0) is 0 Å². The van der Waals surface area contributed by atoms with Gasteiger partial charge in [-0.25, -0.2) is 0 Å². The summed E-state index contributed by atoms with van der Waals surface area (Å²) >= 11 is 0. The van der Waals surface area contributed by atoms with E-state index in [1.165, 1.54) is 165 Å². The Balaban J connectivity index is 2.35. The van der Waals surface area contributed by atoms with Crippen LogP contribution in [-0.4, -0.2) is 13.1 Å². The van der Waals surface area contributed by atoms with E-state index >= 15 is 0 Å². The number of hydrogen-bond acceptors (Lipinski definition) is 2. The van der Waals surface area contributed by atoms with E-state index in [4.69, 9.17) is 0 Å². The van der Waals surface area contributed by atoms with Gasteiger partial charge in [0.25, 0.3) is 0 Å². The molecule has 234 valence electrons. The fourth-order valence-corrected chi connectivity index (χ4v) is 6.28. The number of nitrogens with one attached hydrogen (secondary N) is 2. The second-order valence-electron chi connectivity index (χ2n) is 12.5. The van der Waals surface area contributed by atoms with Gasteiger partial charge in [-0.3, -0.25) is 0 Å². The lowest BCUT2D eigenvalue weighted by Gasteiger charge is -2.23. The first-order valence-electron chi connectivity index (χ1n) is 18.3. The Hall–Kier alpha value is -0.860. The van der Waals surface area contributed by atoms with Crippen molar-refractivity contribution in [1.82, 2.24) is 10.6 Å². The van der Waals surface area contributed by atoms with E-state index in [-0.39, 0.29) is 0 Å². The molecule has 0 saturated heterocycles. The maximum absolute atomic E-state index is 3.80.